The molecule has 2 heterocycles. The molecule has 0 aliphatic carbocycles. The van der Waals surface area contributed by atoms with E-state index < -0.39 is 0 Å². The Hall–Kier alpha value is -2.83. The summed E-state index contributed by atoms with van der Waals surface area (Å²) in [5, 5.41) is 5.50. The molecular formula is C21H17ClN2O3S. The second kappa shape index (κ2) is 8.04. The number of ether oxygens (including phenoxy) is 1. The molecule has 3 aromatic rings. The molecule has 1 N–H and O–H groups in total. The molecule has 142 valence electrons. The second-order valence-corrected chi connectivity index (χ2v) is 7.72. The highest BCUT2D eigenvalue weighted by molar-refractivity contribution is 7.10. The summed E-state index contributed by atoms with van der Waals surface area (Å²) in [5.41, 5.74) is 1.49. The van der Waals surface area contributed by atoms with Crippen molar-refractivity contribution < 1.29 is 14.3 Å². The molecule has 2 amide bonds. The van der Waals surface area contributed by atoms with Crippen molar-refractivity contribution >= 4 is 40.4 Å². The van der Waals surface area contributed by atoms with Gasteiger partial charge in [0.05, 0.1) is 11.7 Å². The van der Waals surface area contributed by atoms with E-state index in [4.69, 9.17) is 16.3 Å². The molecule has 1 unspecified atom stereocenters. The zero-order chi connectivity index (χ0) is 19.5. The van der Waals surface area contributed by atoms with Crippen LogP contribution in [0, 0.1) is 0 Å². The van der Waals surface area contributed by atoms with Gasteiger partial charge in [-0.3, -0.25) is 14.5 Å². The molecule has 28 heavy (non-hydrogen) atoms. The van der Waals surface area contributed by atoms with Gasteiger partial charge in [-0.1, -0.05) is 48.0 Å². The van der Waals surface area contributed by atoms with Crippen molar-refractivity contribution in [3.05, 3.63) is 81.5 Å². The van der Waals surface area contributed by atoms with Crippen molar-refractivity contribution in [1.82, 2.24) is 5.32 Å². The molecule has 2 aromatic carbocycles. The third kappa shape index (κ3) is 3.88. The molecule has 4 rings (SSSR count). The number of amides is 2. The number of hydrogen-bond acceptors (Lipinski definition) is 4. The summed E-state index contributed by atoms with van der Waals surface area (Å²) in [6.07, 6.45) is 0. The molecular weight excluding hydrogens is 396 g/mol. The zero-order valence-electron chi connectivity index (χ0n) is 14.8. The molecule has 0 saturated heterocycles. The van der Waals surface area contributed by atoms with Crippen LogP contribution in [0.4, 0.5) is 5.69 Å². The Morgan fingerprint density at radius 3 is 2.75 bits per heavy atom. The van der Waals surface area contributed by atoms with Gasteiger partial charge < -0.3 is 10.1 Å². The number of carbonyl (C=O) groups is 2. The van der Waals surface area contributed by atoms with Gasteiger partial charge in [-0.2, -0.15) is 0 Å². The minimum atomic E-state index is -0.280. The van der Waals surface area contributed by atoms with Crippen LogP contribution in [0.15, 0.2) is 66.0 Å². The monoisotopic (exact) mass is 412 g/mol. The SMILES string of the molecule is O=C(CN1C(=O)COc2ccc(Cl)cc21)NC(c1ccccc1)c1cccs1. The van der Waals surface area contributed by atoms with Gasteiger partial charge in [-0.05, 0) is 35.2 Å². The van der Waals surface area contributed by atoms with E-state index in [2.05, 4.69) is 5.32 Å². The average molecular weight is 413 g/mol. The van der Waals surface area contributed by atoms with Gasteiger partial charge in [0.1, 0.15) is 12.3 Å². The second-order valence-electron chi connectivity index (χ2n) is 6.31. The van der Waals surface area contributed by atoms with Crippen molar-refractivity contribution in [3.8, 4) is 5.75 Å². The number of benzene rings is 2. The highest BCUT2D eigenvalue weighted by Gasteiger charge is 2.28. The fourth-order valence-electron chi connectivity index (χ4n) is 3.12. The van der Waals surface area contributed by atoms with Gasteiger partial charge in [0.25, 0.3) is 5.91 Å². The van der Waals surface area contributed by atoms with Crippen molar-refractivity contribution in [2.24, 2.45) is 0 Å². The summed E-state index contributed by atoms with van der Waals surface area (Å²) in [4.78, 5) is 27.7. The van der Waals surface area contributed by atoms with Gasteiger partial charge in [0.2, 0.25) is 5.91 Å². The van der Waals surface area contributed by atoms with Crippen LogP contribution in [-0.4, -0.2) is 25.0 Å². The largest absolute Gasteiger partial charge is 0.482 e. The van der Waals surface area contributed by atoms with Crippen LogP contribution >= 0.6 is 22.9 Å². The first-order chi connectivity index (χ1) is 13.6. The van der Waals surface area contributed by atoms with Gasteiger partial charge in [-0.15, -0.1) is 11.3 Å². The number of rotatable bonds is 5. The van der Waals surface area contributed by atoms with Crippen LogP contribution in [0.3, 0.4) is 0 Å². The molecule has 1 aliphatic heterocycles. The van der Waals surface area contributed by atoms with Gasteiger partial charge in [0.15, 0.2) is 6.61 Å². The van der Waals surface area contributed by atoms with E-state index in [0.29, 0.717) is 16.5 Å². The summed E-state index contributed by atoms with van der Waals surface area (Å²) < 4.78 is 5.43. The first kappa shape index (κ1) is 18.5. The van der Waals surface area contributed by atoms with E-state index in [1.807, 2.05) is 47.8 Å². The number of halogens is 1. The minimum absolute atomic E-state index is 0.102. The summed E-state index contributed by atoms with van der Waals surface area (Å²) in [6, 6.07) is 18.4. The molecule has 1 aromatic heterocycles. The molecule has 0 spiro atoms. The van der Waals surface area contributed by atoms with Crippen molar-refractivity contribution in [2.45, 2.75) is 6.04 Å². The summed E-state index contributed by atoms with van der Waals surface area (Å²) in [7, 11) is 0. The minimum Gasteiger partial charge on any atom is -0.482 e. The van der Waals surface area contributed by atoms with E-state index in [9.17, 15) is 9.59 Å². The predicted octanol–water partition coefficient (Wildman–Crippen LogP) is 4.03. The fraction of sp³-hybridized carbons (Fsp3) is 0.143. The third-order valence-corrected chi connectivity index (χ3v) is 5.60. The lowest BCUT2D eigenvalue weighted by Crippen LogP contribution is -2.45. The van der Waals surface area contributed by atoms with E-state index >= 15 is 0 Å². The number of fused-ring (bicyclic) bond motifs is 1. The number of hydrogen-bond donors (Lipinski definition) is 1. The Labute approximate surface area is 171 Å². The average Bonchev–Trinajstić information content (AvgIpc) is 3.23. The smallest absolute Gasteiger partial charge is 0.265 e. The standard InChI is InChI=1S/C21H17ClN2O3S/c22-15-8-9-17-16(11-15)24(20(26)13-27-17)12-19(25)23-21(18-7-4-10-28-18)14-5-2-1-3-6-14/h1-11,21H,12-13H2,(H,23,25). The first-order valence-corrected chi connectivity index (χ1v) is 9.98. The lowest BCUT2D eigenvalue weighted by atomic mass is 10.1. The van der Waals surface area contributed by atoms with E-state index in [1.54, 1.807) is 29.5 Å². The highest BCUT2D eigenvalue weighted by Crippen LogP contribution is 2.34. The quantitative estimate of drug-likeness (QED) is 0.688. The number of anilines is 1. The maximum Gasteiger partial charge on any atom is 0.265 e. The van der Waals surface area contributed by atoms with Crippen LogP contribution < -0.4 is 15.0 Å². The molecule has 1 aliphatic rings. The van der Waals surface area contributed by atoms with Gasteiger partial charge >= 0.3 is 0 Å². The van der Waals surface area contributed by atoms with Crippen LogP contribution in [0.2, 0.25) is 5.02 Å². The Bertz CT molecular complexity index is 992. The maximum absolute atomic E-state index is 12.9. The highest BCUT2D eigenvalue weighted by atomic mass is 35.5. The third-order valence-electron chi connectivity index (χ3n) is 4.43. The molecule has 0 fully saturated rings. The van der Waals surface area contributed by atoms with Crippen LogP contribution in [0.25, 0.3) is 0 Å². The number of carbonyl (C=O) groups excluding carboxylic acids is 2. The Morgan fingerprint density at radius 1 is 1.18 bits per heavy atom. The zero-order valence-corrected chi connectivity index (χ0v) is 16.4. The topological polar surface area (TPSA) is 58.6 Å². The molecule has 0 saturated carbocycles. The van der Waals surface area contributed by atoms with Crippen molar-refractivity contribution in [2.75, 3.05) is 18.1 Å². The number of nitrogens with one attached hydrogen (secondary N) is 1. The number of thiophene rings is 1. The van der Waals surface area contributed by atoms with Crippen LogP contribution in [0.1, 0.15) is 16.5 Å². The van der Waals surface area contributed by atoms with Crippen molar-refractivity contribution in [3.63, 3.8) is 0 Å². The Kier molecular flexibility index (Phi) is 5.32. The van der Waals surface area contributed by atoms with E-state index in [-0.39, 0.29) is 31.0 Å². The molecule has 1 atom stereocenters. The lowest BCUT2D eigenvalue weighted by Gasteiger charge is -2.29. The lowest BCUT2D eigenvalue weighted by molar-refractivity contribution is -0.125. The van der Waals surface area contributed by atoms with E-state index in [0.717, 1.165) is 10.4 Å². The van der Waals surface area contributed by atoms with E-state index in [1.165, 1.54) is 4.90 Å². The first-order valence-electron chi connectivity index (χ1n) is 8.72. The molecule has 0 bridgehead atoms. The van der Waals surface area contributed by atoms with Gasteiger partial charge in [0, 0.05) is 9.90 Å². The molecule has 5 nitrogen and oxygen atoms in total. The maximum atomic E-state index is 12.9. The fourth-order valence-corrected chi connectivity index (χ4v) is 4.09. The number of nitrogens with zero attached hydrogens (tertiary/aromatic N) is 1. The van der Waals surface area contributed by atoms with Crippen LogP contribution in [-0.2, 0) is 9.59 Å². The summed E-state index contributed by atoms with van der Waals surface area (Å²) >= 11 is 7.64. The summed E-state index contributed by atoms with van der Waals surface area (Å²) in [5.74, 6) is -0.00426. The van der Waals surface area contributed by atoms with Gasteiger partial charge in [-0.25, -0.2) is 0 Å². The van der Waals surface area contributed by atoms with Crippen molar-refractivity contribution in [1.29, 1.82) is 0 Å². The molecule has 0 radical (unpaired) electrons. The molecule has 7 heteroatoms. The normalized spacial score (nSPS) is 14.2. The predicted molar refractivity (Wildman–Crippen MR) is 110 cm³/mol. The Balaban J connectivity index is 1.56. The Morgan fingerprint density at radius 2 is 2.00 bits per heavy atom. The van der Waals surface area contributed by atoms with Crippen LogP contribution in [0.5, 0.6) is 5.75 Å². The summed E-state index contributed by atoms with van der Waals surface area (Å²) in [6.45, 7) is -0.209.